The second-order valence-corrected chi connectivity index (χ2v) is 7.29. The zero-order valence-electron chi connectivity index (χ0n) is 12.6. The molecule has 0 unspecified atom stereocenters. The molecule has 21 heavy (non-hydrogen) atoms. The van der Waals surface area contributed by atoms with Crippen molar-refractivity contribution in [2.24, 2.45) is 0 Å². The number of likely N-dealkylation sites (N-methyl/N-ethyl adjacent to an activating group) is 1. The smallest absolute Gasteiger partial charge is 0.247 e. The van der Waals surface area contributed by atoms with Crippen molar-refractivity contribution in [1.82, 2.24) is 14.2 Å². The topological polar surface area (TPSA) is 82.6 Å². The van der Waals surface area contributed by atoms with E-state index in [0.717, 1.165) is 0 Å². The van der Waals surface area contributed by atoms with Crippen molar-refractivity contribution >= 4 is 21.7 Å². The summed E-state index contributed by atoms with van der Waals surface area (Å²) in [6, 6.07) is 3.06. The van der Waals surface area contributed by atoms with Gasteiger partial charge in [0.1, 0.15) is 16.3 Å². The Bertz CT molecular complexity index is 657. The molecule has 0 aliphatic carbocycles. The molecule has 0 atom stereocenters. The number of nitrogens with one attached hydrogen (secondary N) is 1. The quantitative estimate of drug-likeness (QED) is 0.871. The van der Waals surface area contributed by atoms with Crippen LogP contribution in [0.15, 0.2) is 23.2 Å². The molecule has 0 saturated carbocycles. The van der Waals surface area contributed by atoms with E-state index in [9.17, 15) is 13.2 Å². The molecule has 0 aromatic carbocycles. The fourth-order valence-electron chi connectivity index (χ4n) is 2.52. The molecule has 1 saturated heterocycles. The van der Waals surface area contributed by atoms with Crippen LogP contribution in [0.2, 0.25) is 0 Å². The predicted molar refractivity (Wildman–Crippen MR) is 79.4 cm³/mol. The second kappa shape index (κ2) is 5.27. The fourth-order valence-corrected chi connectivity index (χ4v) is 4.41. The Morgan fingerprint density at radius 1 is 1.33 bits per heavy atom. The number of nitrogens with zero attached hydrogens (tertiary/aromatic N) is 3. The molecule has 8 heteroatoms. The summed E-state index contributed by atoms with van der Waals surface area (Å²) in [6.07, 6.45) is 1.52. The van der Waals surface area contributed by atoms with Gasteiger partial charge >= 0.3 is 0 Å². The number of carbonyl (C=O) groups is 1. The molecule has 1 amide bonds. The SMILES string of the molecule is CNc1ncccc1S(=O)(=O)N1CCN(C)C(=O)C1(C)C. The molecule has 1 aromatic rings. The second-order valence-electron chi connectivity index (χ2n) is 5.46. The zero-order chi connectivity index (χ0) is 15.8. The van der Waals surface area contributed by atoms with Crippen LogP contribution >= 0.6 is 0 Å². The molecule has 1 fully saturated rings. The predicted octanol–water partition coefficient (Wildman–Crippen LogP) is 0.365. The Hall–Kier alpha value is -1.67. The Labute approximate surface area is 125 Å². The number of piperazine rings is 1. The third-order valence-corrected chi connectivity index (χ3v) is 5.81. The summed E-state index contributed by atoms with van der Waals surface area (Å²) in [5.74, 6) is 0.0619. The molecule has 1 aromatic heterocycles. The first kappa shape index (κ1) is 15.7. The lowest BCUT2D eigenvalue weighted by atomic mass is 10.0. The first-order valence-electron chi connectivity index (χ1n) is 6.64. The number of pyridine rings is 1. The van der Waals surface area contributed by atoms with Gasteiger partial charge in [0, 0.05) is 33.4 Å². The molecular formula is C13H20N4O3S. The summed E-state index contributed by atoms with van der Waals surface area (Å²) < 4.78 is 27.1. The minimum Gasteiger partial charge on any atom is -0.372 e. The van der Waals surface area contributed by atoms with Crippen LogP contribution in [0.3, 0.4) is 0 Å². The number of hydrogen-bond acceptors (Lipinski definition) is 5. The van der Waals surface area contributed by atoms with Crippen molar-refractivity contribution in [2.75, 3.05) is 32.5 Å². The van der Waals surface area contributed by atoms with E-state index in [1.165, 1.54) is 16.6 Å². The minimum absolute atomic E-state index is 0.0814. The van der Waals surface area contributed by atoms with E-state index >= 15 is 0 Å². The van der Waals surface area contributed by atoms with E-state index in [2.05, 4.69) is 10.3 Å². The van der Waals surface area contributed by atoms with Gasteiger partial charge < -0.3 is 10.2 Å². The summed E-state index contributed by atoms with van der Waals surface area (Å²) in [5.41, 5.74) is -1.12. The summed E-state index contributed by atoms with van der Waals surface area (Å²) in [7, 11) is -0.517. The van der Waals surface area contributed by atoms with Crippen molar-refractivity contribution in [2.45, 2.75) is 24.3 Å². The number of carbonyl (C=O) groups excluding carboxylic acids is 1. The van der Waals surface area contributed by atoms with Crippen molar-refractivity contribution in [3.8, 4) is 0 Å². The maximum atomic E-state index is 12.9. The van der Waals surface area contributed by atoms with Gasteiger partial charge in [-0.05, 0) is 26.0 Å². The highest BCUT2D eigenvalue weighted by atomic mass is 32.2. The first-order chi connectivity index (χ1) is 9.72. The van der Waals surface area contributed by atoms with Gasteiger partial charge in [0.25, 0.3) is 0 Å². The molecule has 0 spiro atoms. The normalized spacial score (nSPS) is 19.6. The van der Waals surface area contributed by atoms with Crippen LogP contribution in [0.1, 0.15) is 13.8 Å². The van der Waals surface area contributed by atoms with Crippen molar-refractivity contribution in [1.29, 1.82) is 0 Å². The molecule has 1 N–H and O–H groups in total. The van der Waals surface area contributed by atoms with Crippen molar-refractivity contribution in [3.63, 3.8) is 0 Å². The molecule has 0 radical (unpaired) electrons. The van der Waals surface area contributed by atoms with Gasteiger partial charge in [-0.3, -0.25) is 4.79 Å². The van der Waals surface area contributed by atoms with E-state index in [0.29, 0.717) is 6.54 Å². The zero-order valence-corrected chi connectivity index (χ0v) is 13.4. The van der Waals surface area contributed by atoms with E-state index in [4.69, 9.17) is 0 Å². The molecule has 2 heterocycles. The Kier molecular flexibility index (Phi) is 3.94. The molecule has 1 aliphatic rings. The summed E-state index contributed by atoms with van der Waals surface area (Å²) in [5, 5.41) is 2.78. The third kappa shape index (κ3) is 2.49. The van der Waals surface area contributed by atoms with Crippen LogP contribution in [0.4, 0.5) is 5.82 Å². The van der Waals surface area contributed by atoms with Gasteiger partial charge in [0.05, 0.1) is 0 Å². The summed E-state index contributed by atoms with van der Waals surface area (Å²) in [6.45, 7) is 3.88. The minimum atomic E-state index is -3.81. The van der Waals surface area contributed by atoms with E-state index in [1.54, 1.807) is 38.9 Å². The van der Waals surface area contributed by atoms with Gasteiger partial charge in [0.15, 0.2) is 0 Å². The monoisotopic (exact) mass is 312 g/mol. The van der Waals surface area contributed by atoms with Gasteiger partial charge in [-0.2, -0.15) is 4.31 Å². The first-order valence-corrected chi connectivity index (χ1v) is 8.08. The average Bonchev–Trinajstić information content (AvgIpc) is 2.44. The number of sulfonamides is 1. The lowest BCUT2D eigenvalue weighted by Crippen LogP contribution is -2.63. The summed E-state index contributed by atoms with van der Waals surface area (Å²) >= 11 is 0. The fraction of sp³-hybridized carbons (Fsp3) is 0.538. The van der Waals surface area contributed by atoms with Gasteiger partial charge in [-0.1, -0.05) is 0 Å². The third-order valence-electron chi connectivity index (χ3n) is 3.71. The Balaban J connectivity index is 2.51. The van der Waals surface area contributed by atoms with Crippen LogP contribution in [-0.4, -0.2) is 61.2 Å². The number of amides is 1. The van der Waals surface area contributed by atoms with Crippen LogP contribution in [0.25, 0.3) is 0 Å². The van der Waals surface area contributed by atoms with Crippen LogP contribution in [0.5, 0.6) is 0 Å². The molecular weight excluding hydrogens is 292 g/mol. The van der Waals surface area contributed by atoms with Crippen molar-refractivity contribution < 1.29 is 13.2 Å². The highest BCUT2D eigenvalue weighted by Gasteiger charge is 2.47. The average molecular weight is 312 g/mol. The van der Waals surface area contributed by atoms with Crippen LogP contribution in [-0.2, 0) is 14.8 Å². The molecule has 1 aliphatic heterocycles. The van der Waals surface area contributed by atoms with E-state index in [-0.39, 0.29) is 23.2 Å². The van der Waals surface area contributed by atoms with E-state index < -0.39 is 15.6 Å². The van der Waals surface area contributed by atoms with Crippen molar-refractivity contribution in [3.05, 3.63) is 18.3 Å². The highest BCUT2D eigenvalue weighted by Crippen LogP contribution is 2.31. The largest absolute Gasteiger partial charge is 0.372 e. The number of hydrogen-bond donors (Lipinski definition) is 1. The molecule has 0 bridgehead atoms. The maximum absolute atomic E-state index is 12.9. The molecule has 2 rings (SSSR count). The summed E-state index contributed by atoms with van der Waals surface area (Å²) in [4.78, 5) is 17.9. The standard InChI is InChI=1S/C13H20N4O3S/c1-13(2)12(18)16(4)8-9-17(13)21(19,20)10-6-5-7-15-11(10)14-3/h5-7H,8-9H2,1-4H3,(H,14,15). The van der Waals surface area contributed by atoms with E-state index in [1.807, 2.05) is 0 Å². The lowest BCUT2D eigenvalue weighted by Gasteiger charge is -2.43. The maximum Gasteiger partial charge on any atom is 0.247 e. The molecule has 7 nitrogen and oxygen atoms in total. The van der Waals surface area contributed by atoms with Gasteiger partial charge in [-0.15, -0.1) is 0 Å². The lowest BCUT2D eigenvalue weighted by molar-refractivity contribution is -0.142. The van der Waals surface area contributed by atoms with Gasteiger partial charge in [-0.25, -0.2) is 13.4 Å². The Morgan fingerprint density at radius 3 is 2.62 bits per heavy atom. The number of anilines is 1. The number of aromatic nitrogens is 1. The van der Waals surface area contributed by atoms with Crippen LogP contribution in [0, 0.1) is 0 Å². The van der Waals surface area contributed by atoms with Gasteiger partial charge in [0.2, 0.25) is 15.9 Å². The number of rotatable bonds is 3. The molecule has 116 valence electrons. The Morgan fingerprint density at radius 2 is 2.00 bits per heavy atom. The highest BCUT2D eigenvalue weighted by molar-refractivity contribution is 7.89. The van der Waals surface area contributed by atoms with Crippen LogP contribution < -0.4 is 5.32 Å².